The minimum absolute atomic E-state index is 0.353. The van der Waals surface area contributed by atoms with Crippen molar-refractivity contribution in [2.24, 2.45) is 0 Å². The molecular formula is C5H8Cl2N2O. The van der Waals surface area contributed by atoms with E-state index in [0.29, 0.717) is 6.54 Å². The summed E-state index contributed by atoms with van der Waals surface area (Å²) in [4.78, 5) is 10.9. The molecule has 0 radical (unpaired) electrons. The van der Waals surface area contributed by atoms with Gasteiger partial charge in [-0.2, -0.15) is 0 Å². The van der Waals surface area contributed by atoms with Gasteiger partial charge in [-0.1, -0.05) is 0 Å². The average Bonchev–Trinajstić information content (AvgIpc) is 1.95. The van der Waals surface area contributed by atoms with Gasteiger partial charge in [-0.05, 0) is 13.8 Å². The fourth-order valence-corrected chi connectivity index (χ4v) is 1.38. The van der Waals surface area contributed by atoms with Crippen LogP contribution >= 0.6 is 23.6 Å². The lowest BCUT2D eigenvalue weighted by atomic mass is 10.1. The van der Waals surface area contributed by atoms with E-state index in [1.807, 2.05) is 13.8 Å². The van der Waals surface area contributed by atoms with Crippen molar-refractivity contribution in [1.29, 1.82) is 0 Å². The molecule has 10 heavy (non-hydrogen) atoms. The molecule has 5 heteroatoms. The van der Waals surface area contributed by atoms with Crippen LogP contribution in [0.25, 0.3) is 0 Å². The highest BCUT2D eigenvalue weighted by molar-refractivity contribution is 6.29. The molecule has 0 aliphatic carbocycles. The van der Waals surface area contributed by atoms with Gasteiger partial charge in [0, 0.05) is 23.6 Å². The van der Waals surface area contributed by atoms with Crippen molar-refractivity contribution < 1.29 is 4.79 Å². The third-order valence-corrected chi connectivity index (χ3v) is 2.30. The van der Waals surface area contributed by atoms with Gasteiger partial charge < -0.3 is 0 Å². The van der Waals surface area contributed by atoms with Gasteiger partial charge in [0.1, 0.15) is 0 Å². The van der Waals surface area contributed by atoms with Gasteiger partial charge in [-0.3, -0.25) is 0 Å². The van der Waals surface area contributed by atoms with Crippen LogP contribution in [0.5, 0.6) is 0 Å². The number of nitrogens with zero attached hydrogens (tertiary/aromatic N) is 2. The number of rotatable bonds is 0. The van der Waals surface area contributed by atoms with E-state index in [1.54, 1.807) is 0 Å². The summed E-state index contributed by atoms with van der Waals surface area (Å²) in [7, 11) is 0. The standard InChI is InChI=1S/C5H8Cl2N2O/c1-5(2)3-8(6)4(10)9(5)7/h3H2,1-2H3. The number of halogens is 2. The first-order valence-corrected chi connectivity index (χ1v) is 3.56. The predicted molar refractivity (Wildman–Crippen MR) is 39.7 cm³/mol. The van der Waals surface area contributed by atoms with Crippen LogP contribution in [-0.2, 0) is 0 Å². The second-order valence-electron chi connectivity index (χ2n) is 2.90. The van der Waals surface area contributed by atoms with Gasteiger partial charge in [0.05, 0.1) is 12.1 Å². The van der Waals surface area contributed by atoms with E-state index < -0.39 is 0 Å². The van der Waals surface area contributed by atoms with Crippen molar-refractivity contribution >= 4 is 29.6 Å². The highest BCUT2D eigenvalue weighted by Gasteiger charge is 2.42. The normalized spacial score (nSPS) is 24.2. The summed E-state index contributed by atoms with van der Waals surface area (Å²) in [6, 6.07) is -0.353. The van der Waals surface area contributed by atoms with Gasteiger partial charge in [0.25, 0.3) is 0 Å². The van der Waals surface area contributed by atoms with Crippen LogP contribution in [0.2, 0.25) is 0 Å². The molecule has 0 spiro atoms. The Balaban J connectivity index is 2.81. The largest absolute Gasteiger partial charge is 0.349 e. The molecule has 1 aliphatic heterocycles. The second-order valence-corrected chi connectivity index (χ2v) is 3.64. The minimum atomic E-state index is -0.361. The van der Waals surface area contributed by atoms with E-state index in [2.05, 4.69) is 0 Å². The van der Waals surface area contributed by atoms with Crippen LogP contribution in [0.1, 0.15) is 13.8 Å². The summed E-state index contributed by atoms with van der Waals surface area (Å²) >= 11 is 11.1. The Hall–Kier alpha value is -0.150. The molecule has 1 aliphatic rings. The van der Waals surface area contributed by atoms with E-state index in [9.17, 15) is 4.79 Å². The maximum absolute atomic E-state index is 10.9. The van der Waals surface area contributed by atoms with Crippen LogP contribution in [0.4, 0.5) is 4.79 Å². The number of hydrogen-bond acceptors (Lipinski definition) is 1. The lowest BCUT2D eigenvalue weighted by molar-refractivity contribution is 0.217. The maximum atomic E-state index is 10.9. The van der Waals surface area contributed by atoms with Gasteiger partial charge in [-0.25, -0.2) is 13.6 Å². The highest BCUT2D eigenvalue weighted by Crippen LogP contribution is 2.28. The Morgan fingerprint density at radius 3 is 2.10 bits per heavy atom. The predicted octanol–water partition coefficient (Wildman–Crippen LogP) is 1.81. The van der Waals surface area contributed by atoms with Crippen LogP contribution < -0.4 is 0 Å². The van der Waals surface area contributed by atoms with Crippen molar-refractivity contribution in [2.45, 2.75) is 19.4 Å². The SMILES string of the molecule is CC1(C)CN(Cl)C(=O)N1Cl. The topological polar surface area (TPSA) is 23.6 Å². The summed E-state index contributed by atoms with van der Waals surface area (Å²) in [5, 5.41) is 0. The molecule has 0 aromatic heterocycles. The first-order chi connectivity index (χ1) is 4.45. The van der Waals surface area contributed by atoms with Crippen LogP contribution in [-0.4, -0.2) is 27.0 Å². The van der Waals surface area contributed by atoms with E-state index in [4.69, 9.17) is 23.6 Å². The Labute approximate surface area is 69.7 Å². The van der Waals surface area contributed by atoms with Crippen molar-refractivity contribution in [3.8, 4) is 0 Å². The number of urea groups is 1. The van der Waals surface area contributed by atoms with Crippen molar-refractivity contribution in [2.75, 3.05) is 6.54 Å². The number of carbonyl (C=O) groups excluding carboxylic acids is 1. The molecule has 0 aromatic carbocycles. The number of hydrogen-bond donors (Lipinski definition) is 0. The molecule has 0 N–H and O–H groups in total. The van der Waals surface area contributed by atoms with Crippen molar-refractivity contribution in [1.82, 2.24) is 8.84 Å². The smallest absolute Gasteiger partial charge is 0.246 e. The fourth-order valence-electron chi connectivity index (χ4n) is 0.824. The maximum Gasteiger partial charge on any atom is 0.349 e. The van der Waals surface area contributed by atoms with Crippen LogP contribution in [0.15, 0.2) is 0 Å². The zero-order valence-electron chi connectivity index (χ0n) is 5.77. The average molecular weight is 183 g/mol. The molecule has 58 valence electrons. The minimum Gasteiger partial charge on any atom is -0.246 e. The zero-order valence-corrected chi connectivity index (χ0v) is 7.28. The lowest BCUT2D eigenvalue weighted by Crippen LogP contribution is -2.34. The van der Waals surface area contributed by atoms with Gasteiger partial charge in [0.2, 0.25) is 0 Å². The first kappa shape index (κ1) is 7.95. The Morgan fingerprint density at radius 2 is 2.00 bits per heavy atom. The number of carbonyl (C=O) groups is 1. The summed E-state index contributed by atoms with van der Waals surface area (Å²) < 4.78 is 2.19. The summed E-state index contributed by atoms with van der Waals surface area (Å²) in [6.45, 7) is 4.15. The molecule has 1 fully saturated rings. The van der Waals surface area contributed by atoms with Crippen LogP contribution in [0.3, 0.4) is 0 Å². The molecule has 2 amide bonds. The third-order valence-electron chi connectivity index (χ3n) is 1.43. The van der Waals surface area contributed by atoms with E-state index >= 15 is 0 Å². The van der Waals surface area contributed by atoms with Crippen molar-refractivity contribution in [3.05, 3.63) is 0 Å². The molecule has 0 aromatic rings. The Morgan fingerprint density at radius 1 is 1.50 bits per heavy atom. The van der Waals surface area contributed by atoms with E-state index in [1.165, 1.54) is 0 Å². The summed E-state index contributed by atoms with van der Waals surface area (Å²) in [6.07, 6.45) is 0. The Kier molecular flexibility index (Phi) is 1.73. The van der Waals surface area contributed by atoms with E-state index in [0.717, 1.165) is 8.84 Å². The zero-order chi connectivity index (χ0) is 7.94. The lowest BCUT2D eigenvalue weighted by Gasteiger charge is -2.20. The van der Waals surface area contributed by atoms with Gasteiger partial charge in [0.15, 0.2) is 0 Å². The molecule has 0 saturated carbocycles. The molecule has 0 atom stereocenters. The molecular weight excluding hydrogens is 175 g/mol. The van der Waals surface area contributed by atoms with Crippen molar-refractivity contribution in [3.63, 3.8) is 0 Å². The molecule has 0 bridgehead atoms. The fraction of sp³-hybridized carbons (Fsp3) is 0.800. The first-order valence-electron chi connectivity index (χ1n) is 2.88. The summed E-state index contributed by atoms with van der Waals surface area (Å²) in [5.41, 5.74) is -0.361. The molecule has 0 unspecified atom stereocenters. The molecule has 1 saturated heterocycles. The molecule has 3 nitrogen and oxygen atoms in total. The Bertz CT molecular complexity index is 171. The molecule has 1 heterocycles. The second kappa shape index (κ2) is 2.17. The summed E-state index contributed by atoms with van der Waals surface area (Å²) in [5.74, 6) is 0. The van der Waals surface area contributed by atoms with Gasteiger partial charge in [-0.15, -0.1) is 0 Å². The quantitative estimate of drug-likeness (QED) is 0.525. The highest BCUT2D eigenvalue weighted by atomic mass is 35.5. The van der Waals surface area contributed by atoms with Gasteiger partial charge >= 0.3 is 6.03 Å². The number of amides is 2. The molecule has 1 rings (SSSR count). The van der Waals surface area contributed by atoms with E-state index in [-0.39, 0.29) is 11.6 Å². The monoisotopic (exact) mass is 182 g/mol. The third kappa shape index (κ3) is 1.04. The van der Waals surface area contributed by atoms with Crippen LogP contribution in [0, 0.1) is 0 Å².